The second-order valence-electron chi connectivity index (χ2n) is 6.98. The van der Waals surface area contributed by atoms with E-state index in [0.717, 1.165) is 13.1 Å². The molecule has 1 aliphatic rings. The van der Waals surface area contributed by atoms with Crippen LogP contribution in [0.15, 0.2) is 36.7 Å². The SMILES string of the molecule is CN(C)Cc1ccc([C@H]2CCCCN2Cc2cnn(C)c2)cc1. The largest absolute Gasteiger partial charge is 0.305 e. The summed E-state index contributed by atoms with van der Waals surface area (Å²) >= 11 is 0. The van der Waals surface area contributed by atoms with Crippen LogP contribution in [0.3, 0.4) is 0 Å². The first-order valence-electron chi connectivity index (χ1n) is 8.57. The Morgan fingerprint density at radius 1 is 1.13 bits per heavy atom. The number of hydrogen-bond donors (Lipinski definition) is 0. The molecule has 0 saturated carbocycles. The van der Waals surface area contributed by atoms with Crippen molar-refractivity contribution in [2.24, 2.45) is 7.05 Å². The van der Waals surface area contributed by atoms with Gasteiger partial charge in [-0.25, -0.2) is 0 Å². The molecule has 0 radical (unpaired) electrons. The maximum atomic E-state index is 4.30. The lowest BCUT2D eigenvalue weighted by molar-refractivity contribution is 0.140. The fourth-order valence-corrected chi connectivity index (χ4v) is 3.56. The first-order valence-corrected chi connectivity index (χ1v) is 8.57. The molecule has 1 fully saturated rings. The zero-order valence-corrected chi connectivity index (χ0v) is 14.6. The number of benzene rings is 1. The number of aromatic nitrogens is 2. The predicted octanol–water partition coefficient (Wildman–Crippen LogP) is 3.21. The van der Waals surface area contributed by atoms with Crippen molar-refractivity contribution < 1.29 is 0 Å². The summed E-state index contributed by atoms with van der Waals surface area (Å²) in [6.07, 6.45) is 8.01. The third-order valence-corrected chi connectivity index (χ3v) is 4.62. The summed E-state index contributed by atoms with van der Waals surface area (Å²) in [6, 6.07) is 9.76. The normalized spacial score (nSPS) is 19.4. The second-order valence-corrected chi connectivity index (χ2v) is 6.98. The molecule has 2 aromatic rings. The van der Waals surface area contributed by atoms with Crippen molar-refractivity contribution in [3.8, 4) is 0 Å². The number of hydrogen-bond acceptors (Lipinski definition) is 3. The van der Waals surface area contributed by atoms with Crippen LogP contribution in [-0.4, -0.2) is 40.2 Å². The molecule has 23 heavy (non-hydrogen) atoms. The van der Waals surface area contributed by atoms with E-state index in [9.17, 15) is 0 Å². The van der Waals surface area contributed by atoms with Gasteiger partial charge in [0.2, 0.25) is 0 Å². The van der Waals surface area contributed by atoms with Crippen LogP contribution in [0.1, 0.15) is 42.0 Å². The topological polar surface area (TPSA) is 24.3 Å². The molecule has 2 heterocycles. The first kappa shape index (κ1) is 16.2. The van der Waals surface area contributed by atoms with E-state index in [4.69, 9.17) is 0 Å². The molecule has 4 heteroatoms. The average Bonchev–Trinajstić information content (AvgIpc) is 2.93. The van der Waals surface area contributed by atoms with Gasteiger partial charge >= 0.3 is 0 Å². The van der Waals surface area contributed by atoms with E-state index in [2.05, 4.69) is 59.5 Å². The van der Waals surface area contributed by atoms with Crippen LogP contribution in [0, 0.1) is 0 Å². The zero-order valence-electron chi connectivity index (χ0n) is 14.6. The van der Waals surface area contributed by atoms with Gasteiger partial charge in [0.1, 0.15) is 0 Å². The number of rotatable bonds is 5. The van der Waals surface area contributed by atoms with E-state index in [-0.39, 0.29) is 0 Å². The number of nitrogens with zero attached hydrogens (tertiary/aromatic N) is 4. The van der Waals surface area contributed by atoms with Crippen molar-refractivity contribution >= 4 is 0 Å². The first-order chi connectivity index (χ1) is 11.1. The van der Waals surface area contributed by atoms with Gasteiger partial charge in [-0.3, -0.25) is 9.58 Å². The Labute approximate surface area is 139 Å². The molecule has 1 aromatic heterocycles. The maximum absolute atomic E-state index is 4.30. The summed E-state index contributed by atoms with van der Waals surface area (Å²) in [5, 5.41) is 4.30. The Bertz CT molecular complexity index is 615. The maximum Gasteiger partial charge on any atom is 0.0534 e. The van der Waals surface area contributed by atoms with Gasteiger partial charge in [-0.1, -0.05) is 30.7 Å². The molecule has 1 saturated heterocycles. The van der Waals surface area contributed by atoms with Crippen molar-refractivity contribution in [2.75, 3.05) is 20.6 Å². The summed E-state index contributed by atoms with van der Waals surface area (Å²) in [7, 11) is 6.22. The van der Waals surface area contributed by atoms with Gasteiger partial charge in [0, 0.05) is 37.9 Å². The molecule has 0 bridgehead atoms. The second kappa shape index (κ2) is 7.28. The number of piperidine rings is 1. The van der Waals surface area contributed by atoms with E-state index >= 15 is 0 Å². The van der Waals surface area contributed by atoms with Crippen molar-refractivity contribution in [1.82, 2.24) is 19.6 Å². The third-order valence-electron chi connectivity index (χ3n) is 4.62. The van der Waals surface area contributed by atoms with Crippen LogP contribution < -0.4 is 0 Å². The highest BCUT2D eigenvalue weighted by Gasteiger charge is 2.24. The molecule has 0 aliphatic carbocycles. The van der Waals surface area contributed by atoms with Gasteiger partial charge in [0.05, 0.1) is 6.20 Å². The molecule has 1 aliphatic heterocycles. The molecule has 0 N–H and O–H groups in total. The number of likely N-dealkylation sites (tertiary alicyclic amines) is 1. The highest BCUT2D eigenvalue weighted by Crippen LogP contribution is 2.32. The van der Waals surface area contributed by atoms with Crippen molar-refractivity contribution in [1.29, 1.82) is 0 Å². The molecule has 3 rings (SSSR count). The van der Waals surface area contributed by atoms with Crippen LogP contribution in [0.5, 0.6) is 0 Å². The minimum absolute atomic E-state index is 0.539. The van der Waals surface area contributed by atoms with E-state index in [1.54, 1.807) is 0 Å². The van der Waals surface area contributed by atoms with Crippen LogP contribution in [0.2, 0.25) is 0 Å². The highest BCUT2D eigenvalue weighted by molar-refractivity contribution is 5.25. The monoisotopic (exact) mass is 312 g/mol. The fraction of sp³-hybridized carbons (Fsp3) is 0.526. The van der Waals surface area contributed by atoms with Crippen molar-refractivity contribution in [3.05, 3.63) is 53.3 Å². The standard InChI is InChI=1S/C19H28N4/c1-21(2)13-16-7-9-18(10-8-16)19-6-4-5-11-23(19)15-17-12-20-22(3)14-17/h7-10,12,14,19H,4-6,11,13,15H2,1-3H3/t19-/m1/s1. The Morgan fingerprint density at radius 3 is 2.57 bits per heavy atom. The Morgan fingerprint density at radius 2 is 1.91 bits per heavy atom. The molecular weight excluding hydrogens is 284 g/mol. The average molecular weight is 312 g/mol. The van der Waals surface area contributed by atoms with Crippen molar-refractivity contribution in [2.45, 2.75) is 38.4 Å². The summed E-state index contributed by atoms with van der Waals surface area (Å²) in [6.45, 7) is 3.18. The smallest absolute Gasteiger partial charge is 0.0534 e. The molecular formula is C19H28N4. The molecule has 0 amide bonds. The predicted molar refractivity (Wildman–Crippen MR) is 94.0 cm³/mol. The summed E-state index contributed by atoms with van der Waals surface area (Å²) in [5.74, 6) is 0. The van der Waals surface area contributed by atoms with Gasteiger partial charge in [-0.2, -0.15) is 5.10 Å². The van der Waals surface area contributed by atoms with Gasteiger partial charge in [-0.15, -0.1) is 0 Å². The van der Waals surface area contributed by atoms with Crippen LogP contribution in [-0.2, 0) is 20.1 Å². The summed E-state index contributed by atoms with van der Waals surface area (Å²) in [4.78, 5) is 4.83. The molecule has 1 aromatic carbocycles. The van der Waals surface area contributed by atoms with Gasteiger partial charge in [0.15, 0.2) is 0 Å². The molecule has 1 atom stereocenters. The van der Waals surface area contributed by atoms with Crippen LogP contribution in [0.4, 0.5) is 0 Å². The minimum atomic E-state index is 0.539. The van der Waals surface area contributed by atoms with Gasteiger partial charge in [0.25, 0.3) is 0 Å². The van der Waals surface area contributed by atoms with E-state index < -0.39 is 0 Å². The molecule has 4 nitrogen and oxygen atoms in total. The quantitative estimate of drug-likeness (QED) is 0.847. The Balaban J connectivity index is 1.72. The number of aryl methyl sites for hydroxylation is 1. The third kappa shape index (κ3) is 4.21. The highest BCUT2D eigenvalue weighted by atomic mass is 15.2. The Hall–Kier alpha value is -1.65. The molecule has 124 valence electrons. The van der Waals surface area contributed by atoms with E-state index in [1.165, 1.54) is 42.5 Å². The molecule has 0 spiro atoms. The summed E-state index contributed by atoms with van der Waals surface area (Å²) < 4.78 is 1.89. The van der Waals surface area contributed by atoms with Crippen LogP contribution >= 0.6 is 0 Å². The van der Waals surface area contributed by atoms with Crippen molar-refractivity contribution in [3.63, 3.8) is 0 Å². The Kier molecular flexibility index (Phi) is 5.13. The van der Waals surface area contributed by atoms with Gasteiger partial charge < -0.3 is 4.90 Å². The van der Waals surface area contributed by atoms with Crippen LogP contribution in [0.25, 0.3) is 0 Å². The fourth-order valence-electron chi connectivity index (χ4n) is 3.56. The zero-order chi connectivity index (χ0) is 16.2. The van der Waals surface area contributed by atoms with Gasteiger partial charge in [-0.05, 0) is 44.6 Å². The minimum Gasteiger partial charge on any atom is -0.305 e. The van der Waals surface area contributed by atoms with E-state index in [1.807, 2.05) is 17.9 Å². The summed E-state index contributed by atoms with van der Waals surface area (Å²) in [5.41, 5.74) is 4.15. The molecule has 0 unspecified atom stereocenters. The van der Waals surface area contributed by atoms with E-state index in [0.29, 0.717) is 6.04 Å². The lowest BCUT2D eigenvalue weighted by Gasteiger charge is -2.36. The lowest BCUT2D eigenvalue weighted by Crippen LogP contribution is -2.32. The lowest BCUT2D eigenvalue weighted by atomic mass is 9.94.